The molecule has 88 valence electrons. The van der Waals surface area contributed by atoms with Gasteiger partial charge in [0.1, 0.15) is 0 Å². The summed E-state index contributed by atoms with van der Waals surface area (Å²) in [6, 6.07) is 8.68. The molecule has 1 unspecified atom stereocenters. The van der Waals surface area contributed by atoms with Crippen molar-refractivity contribution < 1.29 is 0 Å². The van der Waals surface area contributed by atoms with E-state index in [1.54, 1.807) is 18.6 Å². The number of nitrogens with one attached hydrogen (secondary N) is 1. The average Bonchev–Trinajstić information content (AvgIpc) is 2.41. The fourth-order valence-electron chi connectivity index (χ4n) is 1.94. The summed E-state index contributed by atoms with van der Waals surface area (Å²) in [5.74, 6) is 0. The number of hydrogen-bond donors (Lipinski definition) is 1. The molecule has 1 N–H and O–H groups in total. The van der Waals surface area contributed by atoms with E-state index in [1.165, 1.54) is 11.1 Å². The Bertz CT molecular complexity index is 468. The molecule has 0 radical (unpaired) electrons. The molecule has 1 aromatic carbocycles. The Hall–Kier alpha value is -1.74. The third-order valence-corrected chi connectivity index (χ3v) is 2.86. The van der Waals surface area contributed by atoms with Crippen molar-refractivity contribution in [2.24, 2.45) is 0 Å². The minimum Gasteiger partial charge on any atom is -0.308 e. The molecule has 2 aromatic rings. The number of aromatic nitrogens is 2. The number of benzene rings is 1. The molecule has 17 heavy (non-hydrogen) atoms. The predicted octanol–water partition coefficient (Wildman–Crippen LogP) is 2.35. The van der Waals surface area contributed by atoms with Gasteiger partial charge < -0.3 is 5.32 Å². The van der Waals surface area contributed by atoms with Gasteiger partial charge in [0.25, 0.3) is 0 Å². The molecule has 1 atom stereocenters. The van der Waals surface area contributed by atoms with Gasteiger partial charge in [0.15, 0.2) is 0 Å². The third kappa shape index (κ3) is 2.68. The Labute approximate surface area is 102 Å². The number of hydrogen-bond acceptors (Lipinski definition) is 3. The first kappa shape index (κ1) is 11.7. The maximum atomic E-state index is 4.36. The molecule has 1 aromatic heterocycles. The molecule has 0 spiro atoms. The Morgan fingerprint density at radius 3 is 2.82 bits per heavy atom. The van der Waals surface area contributed by atoms with Gasteiger partial charge in [-0.3, -0.25) is 9.97 Å². The molecule has 0 aliphatic heterocycles. The van der Waals surface area contributed by atoms with Crippen molar-refractivity contribution in [1.82, 2.24) is 15.3 Å². The van der Waals surface area contributed by atoms with Crippen molar-refractivity contribution in [3.05, 3.63) is 59.7 Å². The second-order valence-electron chi connectivity index (χ2n) is 3.95. The number of rotatable bonds is 4. The molecule has 0 fully saturated rings. The second-order valence-corrected chi connectivity index (χ2v) is 3.95. The highest BCUT2D eigenvalue weighted by Gasteiger charge is 2.13. The maximum absolute atomic E-state index is 4.36. The highest BCUT2D eigenvalue weighted by molar-refractivity contribution is 5.30. The van der Waals surface area contributed by atoms with Crippen LogP contribution in [0.3, 0.4) is 0 Å². The first-order valence-electron chi connectivity index (χ1n) is 5.87. The van der Waals surface area contributed by atoms with E-state index in [0.717, 1.165) is 12.1 Å². The topological polar surface area (TPSA) is 37.8 Å². The molecule has 0 saturated carbocycles. The molecule has 0 bridgehead atoms. The Balaban J connectivity index is 2.35. The van der Waals surface area contributed by atoms with E-state index in [1.807, 2.05) is 7.05 Å². The summed E-state index contributed by atoms with van der Waals surface area (Å²) < 4.78 is 0. The zero-order valence-corrected chi connectivity index (χ0v) is 10.2. The van der Waals surface area contributed by atoms with Crippen molar-refractivity contribution in [1.29, 1.82) is 0 Å². The minimum atomic E-state index is 0.107. The highest BCUT2D eigenvalue weighted by Crippen LogP contribution is 2.20. The van der Waals surface area contributed by atoms with Gasteiger partial charge in [0.2, 0.25) is 0 Å². The lowest BCUT2D eigenvalue weighted by Gasteiger charge is -2.16. The van der Waals surface area contributed by atoms with E-state index in [0.29, 0.717) is 0 Å². The highest BCUT2D eigenvalue weighted by atomic mass is 14.9. The van der Waals surface area contributed by atoms with E-state index in [-0.39, 0.29) is 6.04 Å². The molecule has 1 heterocycles. The minimum absolute atomic E-state index is 0.107. The zero-order chi connectivity index (χ0) is 12.1. The summed E-state index contributed by atoms with van der Waals surface area (Å²) in [4.78, 5) is 8.48. The van der Waals surface area contributed by atoms with Crippen molar-refractivity contribution in [2.75, 3.05) is 7.05 Å². The molecule has 0 aliphatic carbocycles. The van der Waals surface area contributed by atoms with Gasteiger partial charge in [0, 0.05) is 12.4 Å². The summed E-state index contributed by atoms with van der Waals surface area (Å²) in [7, 11) is 1.94. The van der Waals surface area contributed by atoms with Crippen LogP contribution >= 0.6 is 0 Å². The van der Waals surface area contributed by atoms with Crippen molar-refractivity contribution >= 4 is 0 Å². The molecule has 0 saturated heterocycles. The molecule has 2 rings (SSSR count). The lowest BCUT2D eigenvalue weighted by molar-refractivity contribution is 0.666. The number of nitrogens with zero attached hydrogens (tertiary/aromatic N) is 2. The SMILES string of the molecule is CCc1cccc(C(NC)c2cnccn2)c1. The van der Waals surface area contributed by atoms with Crippen LogP contribution in [0.4, 0.5) is 0 Å². The van der Waals surface area contributed by atoms with E-state index in [9.17, 15) is 0 Å². The van der Waals surface area contributed by atoms with Gasteiger partial charge in [-0.15, -0.1) is 0 Å². The Morgan fingerprint density at radius 1 is 1.29 bits per heavy atom. The van der Waals surface area contributed by atoms with Gasteiger partial charge in [-0.1, -0.05) is 31.2 Å². The second kappa shape index (κ2) is 5.55. The van der Waals surface area contributed by atoms with Crippen LogP contribution in [0.25, 0.3) is 0 Å². The maximum Gasteiger partial charge on any atom is 0.0801 e. The van der Waals surface area contributed by atoms with Crippen LogP contribution in [0.2, 0.25) is 0 Å². The van der Waals surface area contributed by atoms with Crippen LogP contribution in [-0.2, 0) is 6.42 Å². The van der Waals surface area contributed by atoms with E-state index in [4.69, 9.17) is 0 Å². The van der Waals surface area contributed by atoms with Gasteiger partial charge in [-0.2, -0.15) is 0 Å². The first-order chi connectivity index (χ1) is 8.35. The molecule has 3 heteroatoms. The molecular formula is C14H17N3. The number of aryl methyl sites for hydroxylation is 1. The summed E-state index contributed by atoms with van der Waals surface area (Å²) >= 11 is 0. The summed E-state index contributed by atoms with van der Waals surface area (Å²) in [6.45, 7) is 2.16. The van der Waals surface area contributed by atoms with Crippen LogP contribution < -0.4 is 5.32 Å². The zero-order valence-electron chi connectivity index (χ0n) is 10.2. The van der Waals surface area contributed by atoms with Crippen molar-refractivity contribution in [3.8, 4) is 0 Å². The molecule has 0 amide bonds. The lowest BCUT2D eigenvalue weighted by atomic mass is 10.0. The van der Waals surface area contributed by atoms with Gasteiger partial charge >= 0.3 is 0 Å². The smallest absolute Gasteiger partial charge is 0.0801 e. The standard InChI is InChI=1S/C14H17N3/c1-3-11-5-4-6-12(9-11)14(15-2)13-10-16-7-8-17-13/h4-10,14-15H,3H2,1-2H3. The average molecular weight is 227 g/mol. The molecule has 0 aliphatic rings. The largest absolute Gasteiger partial charge is 0.308 e. The fraction of sp³-hybridized carbons (Fsp3) is 0.286. The fourth-order valence-corrected chi connectivity index (χ4v) is 1.94. The van der Waals surface area contributed by atoms with Crippen molar-refractivity contribution in [2.45, 2.75) is 19.4 Å². The summed E-state index contributed by atoms with van der Waals surface area (Å²) in [5.41, 5.74) is 3.52. The van der Waals surface area contributed by atoms with Crippen LogP contribution in [0, 0.1) is 0 Å². The van der Waals surface area contributed by atoms with E-state index < -0.39 is 0 Å². The molecule has 3 nitrogen and oxygen atoms in total. The normalized spacial score (nSPS) is 12.4. The van der Waals surface area contributed by atoms with Crippen LogP contribution in [0.5, 0.6) is 0 Å². The quantitative estimate of drug-likeness (QED) is 0.871. The molecular weight excluding hydrogens is 210 g/mol. The third-order valence-electron chi connectivity index (χ3n) is 2.86. The van der Waals surface area contributed by atoms with Crippen LogP contribution in [-0.4, -0.2) is 17.0 Å². The predicted molar refractivity (Wildman–Crippen MR) is 68.8 cm³/mol. The van der Waals surface area contributed by atoms with Gasteiger partial charge in [-0.25, -0.2) is 0 Å². The summed E-state index contributed by atoms with van der Waals surface area (Å²) in [6.07, 6.45) is 6.27. The summed E-state index contributed by atoms with van der Waals surface area (Å²) in [5, 5.41) is 3.28. The lowest BCUT2D eigenvalue weighted by Crippen LogP contribution is -2.19. The Morgan fingerprint density at radius 2 is 2.18 bits per heavy atom. The van der Waals surface area contributed by atoms with Crippen molar-refractivity contribution in [3.63, 3.8) is 0 Å². The first-order valence-corrected chi connectivity index (χ1v) is 5.87. The van der Waals surface area contributed by atoms with Crippen LogP contribution in [0.15, 0.2) is 42.9 Å². The Kier molecular flexibility index (Phi) is 3.83. The van der Waals surface area contributed by atoms with Gasteiger partial charge in [0.05, 0.1) is 17.9 Å². The van der Waals surface area contributed by atoms with E-state index in [2.05, 4.69) is 46.5 Å². The van der Waals surface area contributed by atoms with E-state index >= 15 is 0 Å². The monoisotopic (exact) mass is 227 g/mol. The van der Waals surface area contributed by atoms with Gasteiger partial charge in [-0.05, 0) is 24.6 Å². The van der Waals surface area contributed by atoms with Crippen LogP contribution in [0.1, 0.15) is 29.8 Å².